The third-order valence-electron chi connectivity index (χ3n) is 4.57. The average Bonchev–Trinajstić information content (AvgIpc) is 3.00. The van der Waals surface area contributed by atoms with E-state index in [9.17, 15) is 0 Å². The molecule has 0 aliphatic carbocycles. The smallest absolute Gasteiger partial charge is 0.119 e. The molecule has 1 aromatic carbocycles. The van der Waals surface area contributed by atoms with Gasteiger partial charge in [0, 0.05) is 18.5 Å². The molecule has 2 heterocycles. The highest BCUT2D eigenvalue weighted by Gasteiger charge is 2.19. The molecule has 0 aromatic heterocycles. The lowest BCUT2D eigenvalue weighted by Gasteiger charge is -2.28. The van der Waals surface area contributed by atoms with E-state index in [1.165, 1.54) is 24.8 Å². The molecule has 2 saturated heterocycles. The molecule has 2 aliphatic heterocycles. The highest BCUT2D eigenvalue weighted by Crippen LogP contribution is 2.28. The fourth-order valence-electron chi connectivity index (χ4n) is 3.18. The molecular formula is C17H26N2O. The Morgan fingerprint density at radius 1 is 1.20 bits per heavy atom. The predicted molar refractivity (Wildman–Crippen MR) is 82.1 cm³/mol. The van der Waals surface area contributed by atoms with Crippen LogP contribution >= 0.6 is 0 Å². The molecule has 2 N–H and O–H groups in total. The first-order valence-corrected chi connectivity index (χ1v) is 7.98. The van der Waals surface area contributed by atoms with Crippen molar-refractivity contribution in [3.63, 3.8) is 0 Å². The molecule has 1 aromatic rings. The Hall–Kier alpha value is -1.06. The lowest BCUT2D eigenvalue weighted by Crippen LogP contribution is -2.31. The van der Waals surface area contributed by atoms with Gasteiger partial charge in [0.05, 0.1) is 6.61 Å². The van der Waals surface area contributed by atoms with E-state index in [0.717, 1.165) is 37.9 Å². The molecule has 2 unspecified atom stereocenters. The summed E-state index contributed by atoms with van der Waals surface area (Å²) in [6.07, 6.45) is 3.79. The zero-order valence-corrected chi connectivity index (χ0v) is 12.4. The van der Waals surface area contributed by atoms with Crippen LogP contribution in [-0.2, 0) is 0 Å². The molecule has 0 saturated carbocycles. The molecule has 3 rings (SSSR count). The Morgan fingerprint density at radius 2 is 2.15 bits per heavy atom. The normalized spacial score (nSPS) is 30.4. The van der Waals surface area contributed by atoms with Crippen LogP contribution in [0.2, 0.25) is 0 Å². The summed E-state index contributed by atoms with van der Waals surface area (Å²) in [5, 5.41) is 7.03. The van der Waals surface area contributed by atoms with E-state index in [1.807, 2.05) is 0 Å². The van der Waals surface area contributed by atoms with E-state index >= 15 is 0 Å². The minimum atomic E-state index is 0.503. The average molecular weight is 274 g/mol. The number of ether oxygens (including phenoxy) is 1. The van der Waals surface area contributed by atoms with Crippen molar-refractivity contribution in [3.8, 4) is 5.75 Å². The molecule has 20 heavy (non-hydrogen) atoms. The SMILES string of the molecule is CC1CCC(c2cccc(OC[C@H]3CCNC3)c2)NC1. The molecule has 2 aliphatic rings. The second-order valence-electron chi connectivity index (χ2n) is 6.39. The van der Waals surface area contributed by atoms with Gasteiger partial charge in [-0.1, -0.05) is 19.1 Å². The van der Waals surface area contributed by atoms with Crippen LogP contribution in [0.1, 0.15) is 37.8 Å². The quantitative estimate of drug-likeness (QED) is 0.886. The van der Waals surface area contributed by atoms with Crippen molar-refractivity contribution in [2.24, 2.45) is 11.8 Å². The van der Waals surface area contributed by atoms with Gasteiger partial charge in [0.1, 0.15) is 5.75 Å². The molecule has 0 amide bonds. The fourth-order valence-corrected chi connectivity index (χ4v) is 3.18. The van der Waals surface area contributed by atoms with Gasteiger partial charge in [0.15, 0.2) is 0 Å². The first kappa shape index (κ1) is 13.9. The maximum absolute atomic E-state index is 5.97. The lowest BCUT2D eigenvalue weighted by atomic mass is 9.92. The maximum atomic E-state index is 5.97. The summed E-state index contributed by atoms with van der Waals surface area (Å²) in [6.45, 7) is 6.52. The summed E-state index contributed by atoms with van der Waals surface area (Å²) in [4.78, 5) is 0. The van der Waals surface area contributed by atoms with Crippen LogP contribution in [0.15, 0.2) is 24.3 Å². The molecular weight excluding hydrogens is 248 g/mol. The summed E-state index contributed by atoms with van der Waals surface area (Å²) >= 11 is 0. The largest absolute Gasteiger partial charge is 0.493 e. The van der Waals surface area contributed by atoms with Crippen LogP contribution in [0, 0.1) is 11.8 Å². The third kappa shape index (κ3) is 3.53. The van der Waals surface area contributed by atoms with Crippen molar-refractivity contribution in [2.45, 2.75) is 32.2 Å². The van der Waals surface area contributed by atoms with E-state index in [2.05, 4.69) is 41.8 Å². The molecule has 3 heteroatoms. The third-order valence-corrected chi connectivity index (χ3v) is 4.57. The molecule has 3 nitrogen and oxygen atoms in total. The van der Waals surface area contributed by atoms with Crippen LogP contribution in [0.5, 0.6) is 5.75 Å². The summed E-state index contributed by atoms with van der Waals surface area (Å²) in [6, 6.07) is 9.14. The Labute approximate surface area is 122 Å². The summed E-state index contributed by atoms with van der Waals surface area (Å²) in [5.41, 5.74) is 1.37. The topological polar surface area (TPSA) is 33.3 Å². The number of piperidine rings is 1. The summed E-state index contributed by atoms with van der Waals surface area (Å²) in [7, 11) is 0. The van der Waals surface area contributed by atoms with Gasteiger partial charge >= 0.3 is 0 Å². The van der Waals surface area contributed by atoms with Crippen LogP contribution in [0.3, 0.4) is 0 Å². The Balaban J connectivity index is 1.57. The van der Waals surface area contributed by atoms with Crippen molar-refractivity contribution in [1.29, 1.82) is 0 Å². The second kappa shape index (κ2) is 6.59. The fraction of sp³-hybridized carbons (Fsp3) is 0.647. The highest BCUT2D eigenvalue weighted by atomic mass is 16.5. The minimum Gasteiger partial charge on any atom is -0.493 e. The van der Waals surface area contributed by atoms with Gasteiger partial charge in [-0.15, -0.1) is 0 Å². The summed E-state index contributed by atoms with van der Waals surface area (Å²) < 4.78 is 5.97. The standard InChI is InChI=1S/C17H26N2O/c1-13-5-6-17(19-10-13)15-3-2-4-16(9-15)20-12-14-7-8-18-11-14/h2-4,9,13-14,17-19H,5-8,10-12H2,1H3/t13?,14-,17?/m0/s1. The predicted octanol–water partition coefficient (Wildman–Crippen LogP) is 2.74. The summed E-state index contributed by atoms with van der Waals surface area (Å²) in [5.74, 6) is 2.50. The molecule has 0 bridgehead atoms. The minimum absolute atomic E-state index is 0.503. The van der Waals surface area contributed by atoms with E-state index in [4.69, 9.17) is 4.74 Å². The van der Waals surface area contributed by atoms with E-state index in [0.29, 0.717) is 12.0 Å². The Morgan fingerprint density at radius 3 is 2.90 bits per heavy atom. The number of nitrogens with one attached hydrogen (secondary N) is 2. The highest BCUT2D eigenvalue weighted by molar-refractivity contribution is 5.30. The van der Waals surface area contributed by atoms with Gasteiger partial charge < -0.3 is 15.4 Å². The Kier molecular flexibility index (Phi) is 4.58. The molecule has 0 radical (unpaired) electrons. The molecule has 2 fully saturated rings. The van der Waals surface area contributed by atoms with E-state index in [-0.39, 0.29) is 0 Å². The van der Waals surface area contributed by atoms with Gasteiger partial charge in [-0.05, 0) is 56.0 Å². The monoisotopic (exact) mass is 274 g/mol. The second-order valence-corrected chi connectivity index (χ2v) is 6.39. The van der Waals surface area contributed by atoms with Crippen LogP contribution in [0.4, 0.5) is 0 Å². The zero-order valence-electron chi connectivity index (χ0n) is 12.4. The van der Waals surface area contributed by atoms with Crippen molar-refractivity contribution in [3.05, 3.63) is 29.8 Å². The molecule has 0 spiro atoms. The molecule has 110 valence electrons. The maximum Gasteiger partial charge on any atom is 0.119 e. The van der Waals surface area contributed by atoms with Gasteiger partial charge in [-0.3, -0.25) is 0 Å². The van der Waals surface area contributed by atoms with Crippen molar-refractivity contribution < 1.29 is 4.74 Å². The van der Waals surface area contributed by atoms with Gasteiger partial charge in [0.2, 0.25) is 0 Å². The first-order valence-electron chi connectivity index (χ1n) is 7.98. The van der Waals surface area contributed by atoms with Crippen LogP contribution < -0.4 is 15.4 Å². The van der Waals surface area contributed by atoms with Gasteiger partial charge in [-0.25, -0.2) is 0 Å². The van der Waals surface area contributed by atoms with Crippen molar-refractivity contribution in [1.82, 2.24) is 10.6 Å². The molecule has 3 atom stereocenters. The van der Waals surface area contributed by atoms with Crippen LogP contribution in [-0.4, -0.2) is 26.2 Å². The van der Waals surface area contributed by atoms with Crippen LogP contribution in [0.25, 0.3) is 0 Å². The zero-order chi connectivity index (χ0) is 13.8. The van der Waals surface area contributed by atoms with E-state index in [1.54, 1.807) is 0 Å². The van der Waals surface area contributed by atoms with Gasteiger partial charge in [0.25, 0.3) is 0 Å². The van der Waals surface area contributed by atoms with Crippen molar-refractivity contribution >= 4 is 0 Å². The van der Waals surface area contributed by atoms with Crippen molar-refractivity contribution in [2.75, 3.05) is 26.2 Å². The lowest BCUT2D eigenvalue weighted by molar-refractivity contribution is 0.259. The van der Waals surface area contributed by atoms with Gasteiger partial charge in [-0.2, -0.15) is 0 Å². The first-order chi connectivity index (χ1) is 9.81. The Bertz CT molecular complexity index is 421. The number of hydrogen-bond donors (Lipinski definition) is 2. The number of rotatable bonds is 4. The van der Waals surface area contributed by atoms with E-state index < -0.39 is 0 Å². The number of hydrogen-bond acceptors (Lipinski definition) is 3. The number of benzene rings is 1.